The number of allylic oxidation sites excluding steroid dienone is 4. The minimum Gasteiger partial charge on any atom is -0.197 e. The van der Waals surface area contributed by atoms with E-state index in [9.17, 15) is 0 Å². The quantitative estimate of drug-likeness (QED) is 0.196. The summed E-state index contributed by atoms with van der Waals surface area (Å²) in [5, 5.41) is 0. The minimum atomic E-state index is 0. The van der Waals surface area contributed by atoms with Crippen molar-refractivity contribution in [1.29, 1.82) is 0 Å². The van der Waals surface area contributed by atoms with Crippen LogP contribution in [0.5, 0.6) is 0 Å². The average Bonchev–Trinajstić information content (AvgIpc) is 3.40. The Labute approximate surface area is 208 Å². The third kappa shape index (κ3) is 11.4. The predicted octanol–water partition coefficient (Wildman–Crippen LogP) is 7.91. The number of benzene rings is 4. The summed E-state index contributed by atoms with van der Waals surface area (Å²) in [7, 11) is 0. The zero-order valence-electron chi connectivity index (χ0n) is 18.6. The maximum absolute atomic E-state index is 3.35. The zero-order valence-corrected chi connectivity index (χ0v) is 20.8. The van der Waals surface area contributed by atoms with E-state index in [2.05, 4.69) is 68.5 Å². The van der Waals surface area contributed by atoms with Crippen LogP contribution in [0.1, 0.15) is 23.1 Å². The monoisotopic (exact) mass is 595 g/mol. The molecule has 0 radical (unpaired) electrons. The summed E-state index contributed by atoms with van der Waals surface area (Å²) in [6.45, 7) is 4.32. The fraction of sp³-hybridized carbons (Fsp3) is 0.0968. The van der Waals surface area contributed by atoms with Crippen LogP contribution in [-0.2, 0) is 21.1 Å². The molecule has 0 aromatic heterocycles. The Hall–Kier alpha value is -2.95. The molecule has 0 saturated carbocycles. The van der Waals surface area contributed by atoms with Gasteiger partial charge in [0, 0.05) is 0 Å². The molecule has 1 heteroatoms. The van der Waals surface area contributed by atoms with Gasteiger partial charge in [-0.2, -0.15) is 127 Å². The first-order valence-electron chi connectivity index (χ1n) is 10.4. The molecule has 0 fully saturated rings. The standard InChI is InChI=1S/C13H13.3C6H5.Pt/c1-10-6-5-9-13(11(10)2)12-7-3-4-8-12;3*1-2-4-6-5-3-1;/h3,5-7,9H,4H2,1-2H3;3*1-5H;/q4*-1;+4. The molecule has 0 unspecified atom stereocenters. The van der Waals surface area contributed by atoms with Crippen molar-refractivity contribution in [3.05, 3.63) is 162 Å². The van der Waals surface area contributed by atoms with E-state index < -0.39 is 0 Å². The van der Waals surface area contributed by atoms with Crippen LogP contribution >= 0.6 is 0 Å². The van der Waals surface area contributed by atoms with Gasteiger partial charge in [0.1, 0.15) is 0 Å². The molecule has 0 amide bonds. The second-order valence-electron chi connectivity index (χ2n) is 6.68. The van der Waals surface area contributed by atoms with Crippen LogP contribution in [0.25, 0.3) is 5.57 Å². The van der Waals surface area contributed by atoms with Gasteiger partial charge in [0.25, 0.3) is 0 Å². The molecule has 0 saturated heterocycles. The van der Waals surface area contributed by atoms with Crippen molar-refractivity contribution in [1.82, 2.24) is 0 Å². The van der Waals surface area contributed by atoms with Gasteiger partial charge in [-0.3, -0.25) is 0 Å². The molecule has 162 valence electrons. The topological polar surface area (TPSA) is 0 Å². The van der Waals surface area contributed by atoms with Gasteiger partial charge in [0.05, 0.1) is 0 Å². The molecule has 1 aliphatic carbocycles. The smallest absolute Gasteiger partial charge is 0.197 e. The van der Waals surface area contributed by atoms with Crippen LogP contribution in [0.15, 0.2) is 121 Å². The molecular weight excluding hydrogens is 567 g/mol. The third-order valence-electron chi connectivity index (χ3n) is 4.41. The fourth-order valence-electron chi connectivity index (χ4n) is 2.66. The molecule has 4 aromatic rings. The molecule has 5 rings (SSSR count). The Bertz CT molecular complexity index is 849. The van der Waals surface area contributed by atoms with Crippen LogP contribution in [-0.4, -0.2) is 0 Å². The first-order chi connectivity index (χ1) is 15.3. The molecule has 4 aromatic carbocycles. The molecule has 0 spiro atoms. The van der Waals surface area contributed by atoms with Crippen molar-refractivity contribution < 1.29 is 21.1 Å². The van der Waals surface area contributed by atoms with Crippen molar-refractivity contribution in [2.45, 2.75) is 20.3 Å². The van der Waals surface area contributed by atoms with Crippen molar-refractivity contribution in [2.24, 2.45) is 0 Å². The molecule has 1 aliphatic rings. The fourth-order valence-corrected chi connectivity index (χ4v) is 2.66. The molecule has 0 N–H and O–H groups in total. The van der Waals surface area contributed by atoms with Gasteiger partial charge in [-0.1, -0.05) is 36.6 Å². The number of rotatable bonds is 1. The summed E-state index contributed by atoms with van der Waals surface area (Å²) >= 11 is 0. The van der Waals surface area contributed by atoms with Crippen LogP contribution < -0.4 is 0 Å². The molecule has 0 bridgehead atoms. The second kappa shape index (κ2) is 17.7. The largest absolute Gasteiger partial charge is 4.00 e. The normalized spacial score (nSPS) is 10.5. The van der Waals surface area contributed by atoms with Gasteiger partial charge < -0.3 is 0 Å². The van der Waals surface area contributed by atoms with Crippen LogP contribution in [0.2, 0.25) is 0 Å². The summed E-state index contributed by atoms with van der Waals surface area (Å²) in [6, 6.07) is 43.9. The third-order valence-corrected chi connectivity index (χ3v) is 4.41. The molecule has 32 heavy (non-hydrogen) atoms. The van der Waals surface area contributed by atoms with E-state index in [1.807, 2.05) is 91.0 Å². The van der Waals surface area contributed by atoms with Gasteiger partial charge >= 0.3 is 21.1 Å². The predicted molar refractivity (Wildman–Crippen MR) is 132 cm³/mol. The second-order valence-corrected chi connectivity index (χ2v) is 6.68. The maximum atomic E-state index is 3.35. The summed E-state index contributed by atoms with van der Waals surface area (Å²) in [4.78, 5) is 0. The van der Waals surface area contributed by atoms with Crippen molar-refractivity contribution in [3.8, 4) is 0 Å². The average molecular weight is 596 g/mol. The summed E-state index contributed by atoms with van der Waals surface area (Å²) in [5.74, 6) is 0. The van der Waals surface area contributed by atoms with Gasteiger partial charge in [-0.15, -0.1) is 17.7 Å². The van der Waals surface area contributed by atoms with E-state index in [-0.39, 0.29) is 21.1 Å². The maximum Gasteiger partial charge on any atom is 4.00 e. The van der Waals surface area contributed by atoms with E-state index in [1.165, 1.54) is 22.3 Å². The summed E-state index contributed by atoms with van der Waals surface area (Å²) in [5.41, 5.74) is 5.30. The SMILES string of the molecule is Cc1cccc(C2=[C-]CC=C2)c1C.[Pt+4].[c-]1ccccc1.[c-]1ccccc1.[c-]1ccccc1. The molecule has 0 nitrogen and oxygen atoms in total. The molecular formula is C31H28Pt. The Morgan fingerprint density at radius 1 is 0.594 bits per heavy atom. The summed E-state index contributed by atoms with van der Waals surface area (Å²) < 4.78 is 0. The molecule has 0 atom stereocenters. The van der Waals surface area contributed by atoms with Gasteiger partial charge in [0.15, 0.2) is 0 Å². The van der Waals surface area contributed by atoms with Crippen molar-refractivity contribution >= 4 is 5.57 Å². The Kier molecular flexibility index (Phi) is 15.0. The number of hydrogen-bond donors (Lipinski definition) is 0. The van der Waals surface area contributed by atoms with Gasteiger partial charge in [-0.05, 0) is 6.92 Å². The van der Waals surface area contributed by atoms with E-state index in [0.29, 0.717) is 0 Å². The molecule has 0 aliphatic heterocycles. The number of hydrogen-bond acceptors (Lipinski definition) is 0. The van der Waals surface area contributed by atoms with Crippen LogP contribution in [0.3, 0.4) is 0 Å². The van der Waals surface area contributed by atoms with Gasteiger partial charge in [0.2, 0.25) is 0 Å². The van der Waals surface area contributed by atoms with Crippen molar-refractivity contribution in [3.63, 3.8) is 0 Å². The van der Waals surface area contributed by atoms with E-state index in [0.717, 1.165) is 6.42 Å². The van der Waals surface area contributed by atoms with Gasteiger partial charge in [-0.25, -0.2) is 0 Å². The first kappa shape index (κ1) is 27.1. The van der Waals surface area contributed by atoms with Crippen LogP contribution in [0, 0.1) is 38.1 Å². The molecule has 0 heterocycles. The van der Waals surface area contributed by atoms with Crippen molar-refractivity contribution in [2.75, 3.05) is 0 Å². The zero-order chi connectivity index (χ0) is 22.0. The Morgan fingerprint density at radius 3 is 1.38 bits per heavy atom. The first-order valence-corrected chi connectivity index (χ1v) is 10.4. The Balaban J connectivity index is 0.000000229. The van der Waals surface area contributed by atoms with E-state index in [1.54, 1.807) is 0 Å². The summed E-state index contributed by atoms with van der Waals surface area (Å²) in [6.07, 6.45) is 8.61. The number of aryl methyl sites for hydroxylation is 1. The van der Waals surface area contributed by atoms with E-state index >= 15 is 0 Å². The van der Waals surface area contributed by atoms with Crippen LogP contribution in [0.4, 0.5) is 0 Å². The minimum absolute atomic E-state index is 0. The Morgan fingerprint density at radius 2 is 1.06 bits per heavy atom. The van der Waals surface area contributed by atoms with E-state index in [4.69, 9.17) is 0 Å².